The molecule has 1 atom stereocenters. The highest BCUT2D eigenvalue weighted by Crippen LogP contribution is 2.24. The molecule has 4 nitrogen and oxygen atoms in total. The predicted octanol–water partition coefficient (Wildman–Crippen LogP) is 1.82. The molecule has 0 aliphatic carbocycles. The largest absolute Gasteiger partial charge is 0.481 e. The molecule has 1 rings (SSSR count). The van der Waals surface area contributed by atoms with Crippen LogP contribution in [-0.4, -0.2) is 26.3 Å². The molecule has 1 N–H and O–H groups in total. The Kier molecular flexibility index (Phi) is 4.39. The SMILES string of the molecule is CCC(CC(=O)O)Sc1cnccn1. The summed E-state index contributed by atoms with van der Waals surface area (Å²) in [6.07, 6.45) is 5.83. The van der Waals surface area contributed by atoms with Gasteiger partial charge >= 0.3 is 5.97 Å². The minimum atomic E-state index is -0.770. The van der Waals surface area contributed by atoms with Gasteiger partial charge in [0.2, 0.25) is 0 Å². The van der Waals surface area contributed by atoms with Crippen molar-refractivity contribution < 1.29 is 9.90 Å². The second-order valence-electron chi connectivity index (χ2n) is 2.79. The summed E-state index contributed by atoms with van der Waals surface area (Å²) in [5.41, 5.74) is 0. The lowest BCUT2D eigenvalue weighted by Gasteiger charge is -2.10. The number of carboxylic acids is 1. The summed E-state index contributed by atoms with van der Waals surface area (Å²) in [6.45, 7) is 1.97. The molecular formula is C9H12N2O2S. The third-order valence-electron chi connectivity index (χ3n) is 1.68. The molecule has 0 saturated heterocycles. The highest BCUT2D eigenvalue weighted by Gasteiger charge is 2.12. The number of aromatic nitrogens is 2. The van der Waals surface area contributed by atoms with E-state index < -0.39 is 5.97 Å². The van der Waals surface area contributed by atoms with Gasteiger partial charge in [-0.25, -0.2) is 4.98 Å². The molecule has 0 fully saturated rings. The van der Waals surface area contributed by atoms with E-state index in [1.807, 2.05) is 6.92 Å². The Balaban J connectivity index is 2.53. The number of aliphatic carboxylic acids is 1. The Labute approximate surface area is 86.8 Å². The van der Waals surface area contributed by atoms with Crippen LogP contribution in [-0.2, 0) is 4.79 Å². The number of thioether (sulfide) groups is 1. The number of hydrogen-bond donors (Lipinski definition) is 1. The molecular weight excluding hydrogens is 200 g/mol. The first-order valence-corrected chi connectivity index (χ1v) is 5.24. The van der Waals surface area contributed by atoms with Crippen LogP contribution in [0, 0.1) is 0 Å². The van der Waals surface area contributed by atoms with E-state index in [0.717, 1.165) is 11.4 Å². The quantitative estimate of drug-likeness (QED) is 0.754. The molecule has 0 amide bonds. The smallest absolute Gasteiger partial charge is 0.304 e. The van der Waals surface area contributed by atoms with Crippen molar-refractivity contribution in [2.45, 2.75) is 30.0 Å². The predicted molar refractivity (Wildman–Crippen MR) is 54.2 cm³/mol. The minimum Gasteiger partial charge on any atom is -0.481 e. The molecule has 1 unspecified atom stereocenters. The second-order valence-corrected chi connectivity index (χ2v) is 4.11. The summed E-state index contributed by atoms with van der Waals surface area (Å²) in [6, 6.07) is 0. The Bertz CT molecular complexity index is 292. The first-order chi connectivity index (χ1) is 6.72. The fourth-order valence-electron chi connectivity index (χ4n) is 0.981. The van der Waals surface area contributed by atoms with Gasteiger partial charge in [-0.3, -0.25) is 9.78 Å². The van der Waals surface area contributed by atoms with Crippen molar-refractivity contribution in [2.24, 2.45) is 0 Å². The van der Waals surface area contributed by atoms with Crippen LogP contribution in [0.2, 0.25) is 0 Å². The number of nitrogens with zero attached hydrogens (tertiary/aromatic N) is 2. The van der Waals surface area contributed by atoms with Gasteiger partial charge in [0.25, 0.3) is 0 Å². The van der Waals surface area contributed by atoms with Gasteiger partial charge in [0.15, 0.2) is 0 Å². The maximum Gasteiger partial charge on any atom is 0.304 e. The molecule has 0 saturated carbocycles. The third-order valence-corrected chi connectivity index (χ3v) is 2.97. The molecule has 1 aromatic rings. The lowest BCUT2D eigenvalue weighted by Crippen LogP contribution is -2.08. The van der Waals surface area contributed by atoms with Crippen LogP contribution in [0.15, 0.2) is 23.6 Å². The van der Waals surface area contributed by atoms with Crippen molar-refractivity contribution in [2.75, 3.05) is 0 Å². The Morgan fingerprint density at radius 3 is 2.93 bits per heavy atom. The van der Waals surface area contributed by atoms with Crippen LogP contribution in [0.1, 0.15) is 19.8 Å². The molecule has 0 aliphatic rings. The first-order valence-electron chi connectivity index (χ1n) is 4.36. The van der Waals surface area contributed by atoms with E-state index in [4.69, 9.17) is 5.11 Å². The number of carboxylic acid groups (broad SMARTS) is 1. The molecule has 0 aliphatic heterocycles. The van der Waals surface area contributed by atoms with Crippen LogP contribution in [0.4, 0.5) is 0 Å². The van der Waals surface area contributed by atoms with Crippen molar-refractivity contribution >= 4 is 17.7 Å². The summed E-state index contributed by atoms with van der Waals surface area (Å²) in [7, 11) is 0. The summed E-state index contributed by atoms with van der Waals surface area (Å²) < 4.78 is 0. The molecule has 0 aromatic carbocycles. The van der Waals surface area contributed by atoms with Crippen molar-refractivity contribution in [1.82, 2.24) is 9.97 Å². The van der Waals surface area contributed by atoms with E-state index in [0.29, 0.717) is 0 Å². The molecule has 0 spiro atoms. The average Bonchev–Trinajstić information content (AvgIpc) is 2.17. The zero-order chi connectivity index (χ0) is 10.4. The van der Waals surface area contributed by atoms with Crippen molar-refractivity contribution in [3.63, 3.8) is 0 Å². The molecule has 0 bridgehead atoms. The van der Waals surface area contributed by atoms with Crippen LogP contribution in [0.3, 0.4) is 0 Å². The van der Waals surface area contributed by atoms with Gasteiger partial charge < -0.3 is 5.11 Å². The first kappa shape index (κ1) is 11.0. The standard InChI is InChI=1S/C9H12N2O2S/c1-2-7(5-9(12)13)14-8-6-10-3-4-11-8/h3-4,6-7H,2,5H2,1H3,(H,12,13). The van der Waals surface area contributed by atoms with Crippen molar-refractivity contribution in [3.8, 4) is 0 Å². The summed E-state index contributed by atoms with van der Waals surface area (Å²) in [5.74, 6) is -0.770. The fraction of sp³-hybridized carbons (Fsp3) is 0.444. The van der Waals surface area contributed by atoms with Gasteiger partial charge in [-0.15, -0.1) is 11.8 Å². The monoisotopic (exact) mass is 212 g/mol. The normalized spacial score (nSPS) is 12.4. The fourth-order valence-corrected chi connectivity index (χ4v) is 1.96. The van der Waals surface area contributed by atoms with Crippen LogP contribution in [0.25, 0.3) is 0 Å². The highest BCUT2D eigenvalue weighted by molar-refractivity contribution is 7.99. The summed E-state index contributed by atoms with van der Waals surface area (Å²) in [5, 5.41) is 9.50. The zero-order valence-electron chi connectivity index (χ0n) is 7.88. The lowest BCUT2D eigenvalue weighted by atomic mass is 10.2. The van der Waals surface area contributed by atoms with Gasteiger partial charge in [0.05, 0.1) is 12.6 Å². The molecule has 5 heteroatoms. The van der Waals surface area contributed by atoms with E-state index in [9.17, 15) is 4.79 Å². The van der Waals surface area contributed by atoms with Gasteiger partial charge in [-0.1, -0.05) is 6.92 Å². The summed E-state index contributed by atoms with van der Waals surface area (Å²) >= 11 is 1.46. The van der Waals surface area contributed by atoms with E-state index in [1.54, 1.807) is 18.6 Å². The minimum absolute atomic E-state index is 0.0733. The molecule has 1 heterocycles. The van der Waals surface area contributed by atoms with Crippen molar-refractivity contribution in [3.05, 3.63) is 18.6 Å². The van der Waals surface area contributed by atoms with E-state index >= 15 is 0 Å². The molecule has 14 heavy (non-hydrogen) atoms. The van der Waals surface area contributed by atoms with Gasteiger partial charge in [0.1, 0.15) is 5.03 Å². The second kappa shape index (κ2) is 5.59. The number of hydrogen-bond acceptors (Lipinski definition) is 4. The van der Waals surface area contributed by atoms with Crippen molar-refractivity contribution in [1.29, 1.82) is 0 Å². The number of carbonyl (C=O) groups is 1. The molecule has 0 radical (unpaired) electrons. The van der Waals surface area contributed by atoms with Crippen LogP contribution < -0.4 is 0 Å². The van der Waals surface area contributed by atoms with Crippen LogP contribution >= 0.6 is 11.8 Å². The van der Waals surface area contributed by atoms with Gasteiger partial charge in [-0.2, -0.15) is 0 Å². The Hall–Kier alpha value is -1.10. The Morgan fingerprint density at radius 2 is 2.43 bits per heavy atom. The van der Waals surface area contributed by atoms with Gasteiger partial charge in [0, 0.05) is 17.6 Å². The number of rotatable bonds is 5. The Morgan fingerprint density at radius 1 is 1.64 bits per heavy atom. The van der Waals surface area contributed by atoms with Gasteiger partial charge in [-0.05, 0) is 6.42 Å². The lowest BCUT2D eigenvalue weighted by molar-refractivity contribution is -0.136. The topological polar surface area (TPSA) is 63.1 Å². The van der Waals surface area contributed by atoms with E-state index in [-0.39, 0.29) is 11.7 Å². The highest BCUT2D eigenvalue weighted by atomic mass is 32.2. The molecule has 1 aromatic heterocycles. The molecule has 76 valence electrons. The third kappa shape index (κ3) is 3.74. The van der Waals surface area contributed by atoms with E-state index in [1.165, 1.54) is 11.8 Å². The average molecular weight is 212 g/mol. The maximum absolute atomic E-state index is 10.5. The summed E-state index contributed by atoms with van der Waals surface area (Å²) in [4.78, 5) is 18.5. The maximum atomic E-state index is 10.5. The van der Waals surface area contributed by atoms with Crippen LogP contribution in [0.5, 0.6) is 0 Å². The van der Waals surface area contributed by atoms with E-state index in [2.05, 4.69) is 9.97 Å². The zero-order valence-corrected chi connectivity index (χ0v) is 8.70.